The maximum absolute atomic E-state index is 13.7. The zero-order valence-corrected chi connectivity index (χ0v) is 24.6. The van der Waals surface area contributed by atoms with Crippen molar-refractivity contribution in [1.82, 2.24) is 0 Å². The number of carbonyl (C=O) groups is 3. The molecular weight excluding hydrogens is 518 g/mol. The van der Waals surface area contributed by atoms with Gasteiger partial charge < -0.3 is 14.6 Å². The summed E-state index contributed by atoms with van der Waals surface area (Å²) in [6, 6.07) is 18.4. The molecule has 0 aromatic heterocycles. The minimum Gasteiger partial charge on any atom is -0.507 e. The molecule has 3 aromatic carbocycles. The molecule has 4 rings (SSSR count). The van der Waals surface area contributed by atoms with Gasteiger partial charge in [-0.25, -0.2) is 4.79 Å². The molecule has 1 aliphatic rings. The molecule has 0 spiro atoms. The average Bonchev–Trinajstić information content (AvgIpc) is 3.22. The summed E-state index contributed by atoms with van der Waals surface area (Å²) in [6.45, 7) is 12.7. The molecule has 0 bridgehead atoms. The fourth-order valence-corrected chi connectivity index (χ4v) is 5.07. The predicted molar refractivity (Wildman–Crippen MR) is 159 cm³/mol. The van der Waals surface area contributed by atoms with Crippen molar-refractivity contribution >= 4 is 29.1 Å². The van der Waals surface area contributed by atoms with E-state index >= 15 is 0 Å². The van der Waals surface area contributed by atoms with Crippen LogP contribution in [0, 0.1) is 0 Å². The largest absolute Gasteiger partial charge is 0.507 e. The molecule has 1 saturated heterocycles. The Morgan fingerprint density at radius 1 is 0.976 bits per heavy atom. The zero-order valence-electron chi connectivity index (χ0n) is 24.6. The van der Waals surface area contributed by atoms with Gasteiger partial charge in [0.05, 0.1) is 30.9 Å². The number of benzene rings is 3. The van der Waals surface area contributed by atoms with Crippen LogP contribution in [0.4, 0.5) is 5.69 Å². The molecule has 1 unspecified atom stereocenters. The summed E-state index contributed by atoms with van der Waals surface area (Å²) in [4.78, 5) is 40.9. The van der Waals surface area contributed by atoms with Crippen molar-refractivity contribution in [2.24, 2.45) is 0 Å². The van der Waals surface area contributed by atoms with Gasteiger partial charge in [-0.1, -0.05) is 65.0 Å². The number of aliphatic hydroxyl groups excluding tert-OH is 1. The Morgan fingerprint density at radius 3 is 2.24 bits per heavy atom. The van der Waals surface area contributed by atoms with E-state index in [0.717, 1.165) is 11.1 Å². The normalized spacial score (nSPS) is 16.8. The molecule has 3 aromatic rings. The van der Waals surface area contributed by atoms with Gasteiger partial charge in [-0.05, 0) is 71.3 Å². The van der Waals surface area contributed by atoms with Crippen molar-refractivity contribution in [3.8, 4) is 5.75 Å². The van der Waals surface area contributed by atoms with Crippen LogP contribution in [0.1, 0.15) is 86.1 Å². The molecule has 1 N–H and O–H groups in total. The summed E-state index contributed by atoms with van der Waals surface area (Å²) in [5, 5.41) is 11.7. The first-order chi connectivity index (χ1) is 19.4. The quantitative estimate of drug-likeness (QED) is 0.147. The number of hydrogen-bond acceptors (Lipinski definition) is 6. The first-order valence-electron chi connectivity index (χ1n) is 13.8. The second-order valence-electron chi connectivity index (χ2n) is 11.4. The minimum absolute atomic E-state index is 0.0270. The molecule has 0 saturated carbocycles. The number of rotatable bonds is 7. The Bertz CT molecular complexity index is 1510. The highest BCUT2D eigenvalue weighted by Gasteiger charge is 2.47. The number of Topliss-reactive ketones (excluding diaryl/α,β-unsaturated/α-hetero) is 1. The van der Waals surface area contributed by atoms with Gasteiger partial charge in [0.1, 0.15) is 11.5 Å². The summed E-state index contributed by atoms with van der Waals surface area (Å²) in [6.07, 6.45) is 0. The summed E-state index contributed by atoms with van der Waals surface area (Å²) in [5.74, 6) is -1.65. The van der Waals surface area contributed by atoms with E-state index in [0.29, 0.717) is 29.2 Å². The number of nitrogens with zero attached hydrogens (tertiary/aromatic N) is 1. The smallest absolute Gasteiger partial charge is 0.337 e. The van der Waals surface area contributed by atoms with Crippen LogP contribution in [-0.4, -0.2) is 36.5 Å². The number of hydrogen-bond donors (Lipinski definition) is 1. The van der Waals surface area contributed by atoms with Crippen LogP contribution in [-0.2, 0) is 19.7 Å². The SMILES string of the molecule is CCOc1ccc(/C(O)=C2/C(=O)C(=O)N(c3cccc(C(=O)OC)c3)C2c2ccc(C(C)(C)C)cc2)cc1C(C)C. The molecule has 7 heteroatoms. The van der Waals surface area contributed by atoms with Gasteiger partial charge >= 0.3 is 5.97 Å². The van der Waals surface area contributed by atoms with Gasteiger partial charge in [0.15, 0.2) is 0 Å². The highest BCUT2D eigenvalue weighted by Crippen LogP contribution is 2.43. The molecule has 7 nitrogen and oxygen atoms in total. The maximum atomic E-state index is 13.7. The van der Waals surface area contributed by atoms with Gasteiger partial charge in [0.25, 0.3) is 11.7 Å². The van der Waals surface area contributed by atoms with E-state index in [1.807, 2.05) is 45.0 Å². The average molecular weight is 556 g/mol. The monoisotopic (exact) mass is 555 g/mol. The van der Waals surface area contributed by atoms with Crippen molar-refractivity contribution < 1.29 is 29.0 Å². The van der Waals surface area contributed by atoms with Crippen LogP contribution in [0.25, 0.3) is 5.76 Å². The summed E-state index contributed by atoms with van der Waals surface area (Å²) < 4.78 is 10.6. The third-order valence-corrected chi connectivity index (χ3v) is 7.29. The lowest BCUT2D eigenvalue weighted by Crippen LogP contribution is -2.29. The number of methoxy groups -OCH3 is 1. The van der Waals surface area contributed by atoms with E-state index in [1.54, 1.807) is 36.4 Å². The van der Waals surface area contributed by atoms with E-state index in [-0.39, 0.29) is 28.2 Å². The molecular formula is C34H37NO6. The van der Waals surface area contributed by atoms with Crippen molar-refractivity contribution in [1.29, 1.82) is 0 Å². The third kappa shape index (κ3) is 5.75. The van der Waals surface area contributed by atoms with Crippen molar-refractivity contribution in [2.75, 3.05) is 18.6 Å². The fraction of sp³-hybridized carbons (Fsp3) is 0.324. The molecule has 214 valence electrons. The molecule has 0 radical (unpaired) electrons. The van der Waals surface area contributed by atoms with Crippen molar-refractivity contribution in [3.05, 3.63) is 100 Å². The predicted octanol–water partition coefficient (Wildman–Crippen LogP) is 6.92. The molecule has 1 heterocycles. The van der Waals surface area contributed by atoms with E-state index in [9.17, 15) is 19.5 Å². The summed E-state index contributed by atoms with van der Waals surface area (Å²) in [7, 11) is 1.28. The topological polar surface area (TPSA) is 93.1 Å². The fourth-order valence-electron chi connectivity index (χ4n) is 5.07. The van der Waals surface area contributed by atoms with Gasteiger partial charge in [0, 0.05) is 11.3 Å². The second-order valence-corrected chi connectivity index (χ2v) is 11.4. The van der Waals surface area contributed by atoms with Crippen LogP contribution in [0.15, 0.2) is 72.3 Å². The number of anilines is 1. The highest BCUT2D eigenvalue weighted by atomic mass is 16.5. The number of aliphatic hydroxyl groups is 1. The van der Waals surface area contributed by atoms with Crippen LogP contribution in [0.5, 0.6) is 5.75 Å². The summed E-state index contributed by atoms with van der Waals surface area (Å²) >= 11 is 0. The first kappa shape index (κ1) is 29.6. The lowest BCUT2D eigenvalue weighted by Gasteiger charge is -2.27. The van der Waals surface area contributed by atoms with Crippen LogP contribution >= 0.6 is 0 Å². The van der Waals surface area contributed by atoms with Gasteiger partial charge in [-0.15, -0.1) is 0 Å². The Hall–Kier alpha value is -4.39. The maximum Gasteiger partial charge on any atom is 0.337 e. The Labute approximate surface area is 241 Å². The Balaban J connectivity index is 1.94. The number of carbonyl (C=O) groups excluding carboxylic acids is 3. The van der Waals surface area contributed by atoms with Crippen LogP contribution in [0.3, 0.4) is 0 Å². The molecule has 1 amide bonds. The second kappa shape index (κ2) is 11.6. The van der Waals surface area contributed by atoms with Crippen LogP contribution < -0.4 is 9.64 Å². The van der Waals surface area contributed by atoms with E-state index in [1.165, 1.54) is 18.1 Å². The first-order valence-corrected chi connectivity index (χ1v) is 13.8. The van der Waals surface area contributed by atoms with Gasteiger partial charge in [0.2, 0.25) is 0 Å². The minimum atomic E-state index is -0.925. The van der Waals surface area contributed by atoms with Gasteiger partial charge in [-0.2, -0.15) is 0 Å². The van der Waals surface area contributed by atoms with Crippen molar-refractivity contribution in [2.45, 2.75) is 58.9 Å². The highest BCUT2D eigenvalue weighted by molar-refractivity contribution is 6.51. The summed E-state index contributed by atoms with van der Waals surface area (Å²) in [5.41, 5.74) is 3.47. The van der Waals surface area contributed by atoms with E-state index in [2.05, 4.69) is 20.8 Å². The van der Waals surface area contributed by atoms with E-state index < -0.39 is 23.7 Å². The number of ether oxygens (including phenoxy) is 2. The number of esters is 1. The molecule has 1 atom stereocenters. The third-order valence-electron chi connectivity index (χ3n) is 7.29. The molecule has 1 fully saturated rings. The number of ketones is 1. The Morgan fingerprint density at radius 2 is 1.66 bits per heavy atom. The van der Waals surface area contributed by atoms with Gasteiger partial charge in [-0.3, -0.25) is 14.5 Å². The molecule has 1 aliphatic heterocycles. The lowest BCUT2D eigenvalue weighted by atomic mass is 9.85. The lowest BCUT2D eigenvalue weighted by molar-refractivity contribution is -0.132. The number of amides is 1. The zero-order chi connectivity index (χ0) is 30.1. The standard InChI is InChI=1S/C34H37NO6/c1-8-41-27-17-14-22(19-26(27)20(2)3)30(36)28-29(21-12-15-24(16-13-21)34(4,5)6)35(32(38)31(28)37)25-11-9-10-23(18-25)33(39)40-7/h9-20,29,36H,8H2,1-7H3/b30-28-. The molecule has 41 heavy (non-hydrogen) atoms. The van der Waals surface area contributed by atoms with Crippen molar-refractivity contribution in [3.63, 3.8) is 0 Å². The van der Waals surface area contributed by atoms with Crippen LogP contribution in [0.2, 0.25) is 0 Å². The van der Waals surface area contributed by atoms with E-state index in [4.69, 9.17) is 9.47 Å². The molecule has 0 aliphatic carbocycles. The Kier molecular flexibility index (Phi) is 8.38.